The van der Waals surface area contributed by atoms with Crippen LogP contribution in [-0.4, -0.2) is 30.9 Å². The first-order chi connectivity index (χ1) is 13.0. The van der Waals surface area contributed by atoms with Gasteiger partial charge in [-0.3, -0.25) is 4.79 Å². The fraction of sp³-hybridized carbons (Fsp3) is 0.158. The molecule has 1 aromatic heterocycles. The molecule has 1 atom stereocenters. The van der Waals surface area contributed by atoms with Gasteiger partial charge in [0.2, 0.25) is 10.0 Å². The van der Waals surface area contributed by atoms with Crippen molar-refractivity contribution in [1.82, 2.24) is 19.6 Å². The Balaban J connectivity index is 1.86. The lowest BCUT2D eigenvalue weighted by Gasteiger charge is -2.20. The average molecular weight is 384 g/mol. The second-order valence-electron chi connectivity index (χ2n) is 5.95. The van der Waals surface area contributed by atoms with Crippen LogP contribution in [0.2, 0.25) is 0 Å². The summed E-state index contributed by atoms with van der Waals surface area (Å²) in [6, 6.07) is 14.7. The van der Waals surface area contributed by atoms with Gasteiger partial charge < -0.3 is 9.88 Å². The first-order valence-corrected chi connectivity index (χ1v) is 9.83. The van der Waals surface area contributed by atoms with E-state index in [0.29, 0.717) is 12.1 Å². The second-order valence-corrected chi connectivity index (χ2v) is 7.66. The molecule has 0 saturated heterocycles. The van der Waals surface area contributed by atoms with E-state index in [9.17, 15) is 13.2 Å². The fourth-order valence-electron chi connectivity index (χ4n) is 2.69. The van der Waals surface area contributed by atoms with Gasteiger partial charge in [0.1, 0.15) is 0 Å². The van der Waals surface area contributed by atoms with E-state index in [4.69, 9.17) is 0 Å². The van der Waals surface area contributed by atoms with E-state index in [2.05, 4.69) is 15.0 Å². The average Bonchev–Trinajstić information content (AvgIpc) is 3.20. The van der Waals surface area contributed by atoms with Crippen molar-refractivity contribution in [3.63, 3.8) is 0 Å². The lowest BCUT2D eigenvalue weighted by atomic mass is 10.1. The maximum absolute atomic E-state index is 12.9. The summed E-state index contributed by atoms with van der Waals surface area (Å²) < 4.78 is 30.3. The van der Waals surface area contributed by atoms with Crippen LogP contribution in [0, 0.1) is 0 Å². The van der Waals surface area contributed by atoms with Crippen molar-refractivity contribution in [2.75, 3.05) is 7.05 Å². The molecule has 0 aliphatic carbocycles. The van der Waals surface area contributed by atoms with Crippen LogP contribution < -0.4 is 10.0 Å². The molecular weight excluding hydrogens is 364 g/mol. The Morgan fingerprint density at radius 2 is 1.81 bits per heavy atom. The van der Waals surface area contributed by atoms with Gasteiger partial charge in [0, 0.05) is 31.5 Å². The number of aromatic nitrogens is 2. The van der Waals surface area contributed by atoms with Crippen molar-refractivity contribution in [2.24, 2.45) is 0 Å². The molecule has 8 heteroatoms. The van der Waals surface area contributed by atoms with Gasteiger partial charge in [0.25, 0.3) is 5.91 Å². The van der Waals surface area contributed by atoms with Crippen LogP contribution in [0.5, 0.6) is 0 Å². The van der Waals surface area contributed by atoms with E-state index in [1.54, 1.807) is 18.7 Å². The molecule has 140 valence electrons. The highest BCUT2D eigenvalue weighted by molar-refractivity contribution is 7.89. The highest BCUT2D eigenvalue weighted by atomic mass is 32.2. The quantitative estimate of drug-likeness (QED) is 0.651. The number of nitrogens with one attached hydrogen (secondary N) is 2. The van der Waals surface area contributed by atoms with Gasteiger partial charge in [-0.15, -0.1) is 0 Å². The van der Waals surface area contributed by atoms with Crippen molar-refractivity contribution < 1.29 is 13.2 Å². The predicted octanol–water partition coefficient (Wildman–Crippen LogP) is 1.96. The van der Waals surface area contributed by atoms with Gasteiger partial charge in [-0.05, 0) is 29.8 Å². The largest absolute Gasteiger partial charge is 0.355 e. The smallest absolute Gasteiger partial charge is 0.251 e. The number of benzene rings is 2. The van der Waals surface area contributed by atoms with E-state index in [-0.39, 0.29) is 10.8 Å². The van der Waals surface area contributed by atoms with Crippen LogP contribution in [0.1, 0.15) is 22.0 Å². The first-order valence-electron chi connectivity index (χ1n) is 8.35. The highest BCUT2D eigenvalue weighted by Gasteiger charge is 2.22. The van der Waals surface area contributed by atoms with Crippen LogP contribution in [0.4, 0.5) is 0 Å². The van der Waals surface area contributed by atoms with Crippen molar-refractivity contribution >= 4 is 15.9 Å². The van der Waals surface area contributed by atoms with Crippen LogP contribution in [-0.2, 0) is 16.6 Å². The Bertz CT molecular complexity index is 985. The minimum Gasteiger partial charge on any atom is -0.355 e. The van der Waals surface area contributed by atoms with Crippen molar-refractivity contribution in [3.8, 4) is 0 Å². The predicted molar refractivity (Wildman–Crippen MR) is 102 cm³/mol. The third-order valence-corrected chi connectivity index (χ3v) is 5.59. The molecule has 0 aliphatic rings. The number of imidazole rings is 1. The highest BCUT2D eigenvalue weighted by Crippen LogP contribution is 2.19. The van der Waals surface area contributed by atoms with Crippen molar-refractivity contribution in [3.05, 3.63) is 84.4 Å². The molecule has 3 aromatic rings. The van der Waals surface area contributed by atoms with Crippen LogP contribution in [0.15, 0.2) is 78.2 Å². The Morgan fingerprint density at radius 1 is 1.11 bits per heavy atom. The molecule has 0 bridgehead atoms. The number of sulfonamides is 1. The lowest BCUT2D eigenvalue weighted by molar-refractivity contribution is 0.0963. The molecule has 7 nitrogen and oxygen atoms in total. The number of hydrogen-bond donors (Lipinski definition) is 2. The maximum atomic E-state index is 12.9. The molecule has 0 saturated carbocycles. The van der Waals surface area contributed by atoms with Gasteiger partial charge in [-0.25, -0.2) is 18.1 Å². The van der Waals surface area contributed by atoms with Gasteiger partial charge in [-0.2, -0.15) is 0 Å². The second kappa shape index (κ2) is 8.15. The Hall–Kier alpha value is -2.97. The molecule has 0 aliphatic heterocycles. The zero-order valence-electron chi connectivity index (χ0n) is 14.7. The summed E-state index contributed by atoms with van der Waals surface area (Å²) in [6.07, 6.45) is 5.07. The lowest BCUT2D eigenvalue weighted by Crippen LogP contribution is -2.31. The van der Waals surface area contributed by atoms with E-state index in [0.717, 1.165) is 5.56 Å². The molecule has 27 heavy (non-hydrogen) atoms. The van der Waals surface area contributed by atoms with Crippen molar-refractivity contribution in [1.29, 1.82) is 0 Å². The molecule has 1 heterocycles. The Morgan fingerprint density at radius 3 is 2.41 bits per heavy atom. The van der Waals surface area contributed by atoms with Gasteiger partial charge >= 0.3 is 0 Å². The van der Waals surface area contributed by atoms with Gasteiger partial charge in [0.15, 0.2) is 0 Å². The Kier molecular flexibility index (Phi) is 5.68. The molecule has 0 fully saturated rings. The number of nitrogens with zero attached hydrogens (tertiary/aromatic N) is 2. The Labute approximate surface area is 158 Å². The molecule has 2 N–H and O–H groups in total. The summed E-state index contributed by atoms with van der Waals surface area (Å²) in [5.41, 5.74) is 1.24. The molecule has 0 radical (unpaired) electrons. The molecule has 1 unspecified atom stereocenters. The topological polar surface area (TPSA) is 93.1 Å². The van der Waals surface area contributed by atoms with Crippen LogP contribution in [0.25, 0.3) is 0 Å². The number of carbonyl (C=O) groups excluding carboxylic acids is 1. The monoisotopic (exact) mass is 384 g/mol. The summed E-state index contributed by atoms with van der Waals surface area (Å²) in [5, 5.41) is 2.51. The number of hydrogen-bond acceptors (Lipinski definition) is 4. The number of rotatable bonds is 7. The summed E-state index contributed by atoms with van der Waals surface area (Å²) in [4.78, 5) is 15.7. The third kappa shape index (κ3) is 4.60. The molecular formula is C19H20N4O3S. The SMILES string of the molecule is CNC(=O)c1ccc(S(=O)(=O)NC(Cn2ccnc2)c2ccccc2)cc1. The van der Waals surface area contributed by atoms with E-state index in [1.165, 1.54) is 31.3 Å². The van der Waals surface area contributed by atoms with Crippen LogP contribution in [0.3, 0.4) is 0 Å². The maximum Gasteiger partial charge on any atom is 0.251 e. The van der Waals surface area contributed by atoms with E-state index < -0.39 is 16.1 Å². The van der Waals surface area contributed by atoms with E-state index >= 15 is 0 Å². The summed E-state index contributed by atoms with van der Waals surface area (Å²) in [7, 11) is -2.25. The number of amides is 1. The molecule has 1 amide bonds. The third-order valence-electron chi connectivity index (χ3n) is 4.11. The summed E-state index contributed by atoms with van der Waals surface area (Å²) in [5.74, 6) is -0.269. The molecule has 0 spiro atoms. The van der Waals surface area contributed by atoms with Crippen LogP contribution >= 0.6 is 0 Å². The number of carbonyl (C=O) groups is 1. The summed E-state index contributed by atoms with van der Waals surface area (Å²) in [6.45, 7) is 0.402. The molecule has 3 rings (SSSR count). The minimum absolute atomic E-state index is 0.0988. The standard InChI is InChI=1S/C19H20N4O3S/c1-20-19(24)16-7-9-17(10-8-16)27(25,26)22-18(13-23-12-11-21-14-23)15-5-3-2-4-6-15/h2-12,14,18,22H,13H2,1H3,(H,20,24). The minimum atomic E-state index is -3.78. The fourth-order valence-corrected chi connectivity index (χ4v) is 3.90. The summed E-state index contributed by atoms with van der Waals surface area (Å²) >= 11 is 0. The van der Waals surface area contributed by atoms with Crippen molar-refractivity contribution in [2.45, 2.75) is 17.5 Å². The molecule has 2 aromatic carbocycles. The van der Waals surface area contributed by atoms with Gasteiger partial charge in [-0.1, -0.05) is 30.3 Å². The first kappa shape index (κ1) is 18.8. The normalized spacial score (nSPS) is 12.5. The zero-order chi connectivity index (χ0) is 19.3. The zero-order valence-corrected chi connectivity index (χ0v) is 15.6. The van der Waals surface area contributed by atoms with E-state index in [1.807, 2.05) is 34.9 Å². The van der Waals surface area contributed by atoms with Gasteiger partial charge in [0.05, 0.1) is 17.3 Å².